The van der Waals surface area contributed by atoms with E-state index in [-0.39, 0.29) is 5.54 Å². The highest BCUT2D eigenvalue weighted by atomic mass is 32.1. The average molecular weight is 201 g/mol. The summed E-state index contributed by atoms with van der Waals surface area (Å²) in [6.07, 6.45) is 0. The van der Waals surface area contributed by atoms with E-state index < -0.39 is 0 Å². The molecule has 0 amide bonds. The Labute approximate surface area is 86.1 Å². The van der Waals surface area contributed by atoms with Crippen LogP contribution >= 0.6 is 12.2 Å². The first kappa shape index (κ1) is 10.7. The Morgan fingerprint density at radius 1 is 1.38 bits per heavy atom. The largest absolute Gasteiger partial charge is 0.366 e. The first-order valence-electron chi connectivity index (χ1n) is 4.65. The van der Waals surface area contributed by atoms with E-state index in [9.17, 15) is 0 Å². The van der Waals surface area contributed by atoms with Crippen LogP contribution in [0.4, 0.5) is 0 Å². The molecule has 0 atom stereocenters. The molecule has 1 aliphatic rings. The maximum Gasteiger partial charge on any atom is 0.169 e. The number of nitrogens with one attached hydrogen (secondary N) is 1. The summed E-state index contributed by atoms with van der Waals surface area (Å²) in [4.78, 5) is 4.61. The lowest BCUT2D eigenvalue weighted by Gasteiger charge is -2.47. The van der Waals surface area contributed by atoms with Gasteiger partial charge in [0.05, 0.1) is 0 Å². The van der Waals surface area contributed by atoms with Crippen molar-refractivity contribution in [2.24, 2.45) is 0 Å². The molecule has 0 unspecified atom stereocenters. The van der Waals surface area contributed by atoms with E-state index in [1.807, 2.05) is 7.05 Å². The Bertz CT molecular complexity index is 203. The Morgan fingerprint density at radius 3 is 2.46 bits per heavy atom. The Balaban J connectivity index is 2.69. The second kappa shape index (κ2) is 3.80. The monoisotopic (exact) mass is 201 g/mol. The lowest BCUT2D eigenvalue weighted by molar-refractivity contribution is 0.0891. The van der Waals surface area contributed by atoms with Crippen LogP contribution in [0.25, 0.3) is 0 Å². The molecular weight excluding hydrogens is 182 g/mol. The molecule has 1 aliphatic heterocycles. The fourth-order valence-corrected chi connectivity index (χ4v) is 2.25. The summed E-state index contributed by atoms with van der Waals surface area (Å²) in [5.74, 6) is 0. The van der Waals surface area contributed by atoms with Gasteiger partial charge in [-0.2, -0.15) is 0 Å². The number of nitrogens with zero attached hydrogens (tertiary/aromatic N) is 2. The second-order valence-electron chi connectivity index (χ2n) is 4.26. The molecule has 0 saturated carbocycles. The molecule has 1 saturated heterocycles. The summed E-state index contributed by atoms with van der Waals surface area (Å²) in [6, 6.07) is 0. The zero-order chi connectivity index (χ0) is 10.1. The molecule has 1 fully saturated rings. The number of thiocarbonyl (C=S) groups is 1. The maximum absolute atomic E-state index is 5.26. The van der Waals surface area contributed by atoms with Crippen molar-refractivity contribution < 1.29 is 0 Å². The summed E-state index contributed by atoms with van der Waals surface area (Å²) in [5.41, 5.74) is 0.146. The summed E-state index contributed by atoms with van der Waals surface area (Å²) >= 11 is 5.26. The minimum Gasteiger partial charge on any atom is -0.366 e. The molecule has 0 aliphatic carbocycles. The molecule has 0 aromatic heterocycles. The maximum atomic E-state index is 5.26. The molecule has 0 radical (unpaired) electrons. The molecule has 3 nitrogen and oxygen atoms in total. The second-order valence-corrected chi connectivity index (χ2v) is 4.64. The highest BCUT2D eigenvalue weighted by Crippen LogP contribution is 2.19. The van der Waals surface area contributed by atoms with Gasteiger partial charge in [0.15, 0.2) is 5.11 Å². The van der Waals surface area contributed by atoms with E-state index in [0.29, 0.717) is 0 Å². The normalized spacial score (nSPS) is 22.9. The molecule has 0 aromatic carbocycles. The Morgan fingerprint density at radius 2 is 2.00 bits per heavy atom. The van der Waals surface area contributed by atoms with Gasteiger partial charge in [0.25, 0.3) is 0 Å². The molecule has 1 heterocycles. The molecule has 0 bridgehead atoms. The quantitative estimate of drug-likeness (QED) is 0.576. The van der Waals surface area contributed by atoms with Gasteiger partial charge in [0, 0.05) is 32.2 Å². The van der Waals surface area contributed by atoms with Crippen LogP contribution < -0.4 is 5.32 Å². The van der Waals surface area contributed by atoms with E-state index in [0.717, 1.165) is 24.7 Å². The number of piperazine rings is 1. The van der Waals surface area contributed by atoms with Crippen molar-refractivity contribution >= 4 is 17.3 Å². The number of hydrogen-bond donors (Lipinski definition) is 1. The van der Waals surface area contributed by atoms with Crippen LogP contribution in [0.2, 0.25) is 0 Å². The van der Waals surface area contributed by atoms with Crippen LogP contribution in [-0.2, 0) is 0 Å². The first-order valence-corrected chi connectivity index (χ1v) is 5.06. The van der Waals surface area contributed by atoms with Crippen molar-refractivity contribution in [2.75, 3.05) is 33.7 Å². The zero-order valence-corrected chi connectivity index (χ0v) is 9.74. The topological polar surface area (TPSA) is 18.5 Å². The third kappa shape index (κ3) is 2.31. The van der Waals surface area contributed by atoms with Crippen LogP contribution in [0.15, 0.2) is 0 Å². The summed E-state index contributed by atoms with van der Waals surface area (Å²) in [5, 5.41) is 3.90. The van der Waals surface area contributed by atoms with E-state index in [4.69, 9.17) is 12.2 Å². The predicted molar refractivity (Wildman–Crippen MR) is 59.9 cm³/mol. The van der Waals surface area contributed by atoms with Crippen LogP contribution in [0.5, 0.6) is 0 Å². The van der Waals surface area contributed by atoms with Crippen molar-refractivity contribution in [2.45, 2.75) is 19.4 Å². The molecule has 76 valence electrons. The number of hydrogen-bond acceptors (Lipinski definition) is 2. The van der Waals surface area contributed by atoms with Gasteiger partial charge in [0.1, 0.15) is 0 Å². The highest BCUT2D eigenvalue weighted by molar-refractivity contribution is 7.80. The van der Waals surface area contributed by atoms with Gasteiger partial charge >= 0.3 is 0 Å². The van der Waals surface area contributed by atoms with E-state index in [1.54, 1.807) is 0 Å². The van der Waals surface area contributed by atoms with E-state index >= 15 is 0 Å². The molecule has 1 N–H and O–H groups in total. The van der Waals surface area contributed by atoms with Gasteiger partial charge in [-0.25, -0.2) is 0 Å². The van der Waals surface area contributed by atoms with Gasteiger partial charge in [0.2, 0.25) is 0 Å². The molecule has 4 heteroatoms. The lowest BCUT2D eigenvalue weighted by Crippen LogP contribution is -2.61. The zero-order valence-electron chi connectivity index (χ0n) is 8.92. The van der Waals surface area contributed by atoms with Crippen LogP contribution in [0.3, 0.4) is 0 Å². The van der Waals surface area contributed by atoms with Crippen molar-refractivity contribution in [1.29, 1.82) is 0 Å². The van der Waals surface area contributed by atoms with E-state index in [1.165, 1.54) is 0 Å². The van der Waals surface area contributed by atoms with Gasteiger partial charge in [-0.1, -0.05) is 0 Å². The van der Waals surface area contributed by atoms with Crippen molar-refractivity contribution in [1.82, 2.24) is 15.1 Å². The molecular formula is C9H19N3S. The van der Waals surface area contributed by atoms with Crippen molar-refractivity contribution in [3.05, 3.63) is 0 Å². The summed E-state index contributed by atoms with van der Waals surface area (Å²) in [7, 11) is 4.04. The third-order valence-corrected chi connectivity index (χ3v) is 2.98. The smallest absolute Gasteiger partial charge is 0.169 e. The Hall–Kier alpha value is -0.350. The summed E-state index contributed by atoms with van der Waals surface area (Å²) < 4.78 is 0. The standard InChI is InChI=1S/C9H19N3S/c1-9(2)7-11(4)5-6-12(9)8(13)10-3/h5-7H2,1-4H3,(H,10,13). The van der Waals surface area contributed by atoms with Gasteiger partial charge in [-0.05, 0) is 33.1 Å². The van der Waals surface area contributed by atoms with Gasteiger partial charge in [-0.3, -0.25) is 0 Å². The molecule has 13 heavy (non-hydrogen) atoms. The first-order chi connectivity index (χ1) is 5.97. The minimum atomic E-state index is 0.146. The van der Waals surface area contributed by atoms with Crippen LogP contribution in [-0.4, -0.2) is 54.2 Å². The molecule has 0 aromatic rings. The predicted octanol–water partition coefficient (Wildman–Crippen LogP) is 0.517. The molecule has 0 spiro atoms. The van der Waals surface area contributed by atoms with E-state index in [2.05, 4.69) is 36.0 Å². The van der Waals surface area contributed by atoms with Gasteiger partial charge < -0.3 is 15.1 Å². The Kier molecular flexibility index (Phi) is 3.14. The fourth-order valence-electron chi connectivity index (χ4n) is 1.91. The lowest BCUT2D eigenvalue weighted by atomic mass is 10.00. The van der Waals surface area contributed by atoms with Crippen molar-refractivity contribution in [3.8, 4) is 0 Å². The summed E-state index contributed by atoms with van der Waals surface area (Å²) in [6.45, 7) is 7.63. The highest BCUT2D eigenvalue weighted by Gasteiger charge is 2.33. The number of likely N-dealkylation sites (N-methyl/N-ethyl adjacent to an activating group) is 1. The third-order valence-electron chi connectivity index (χ3n) is 2.55. The van der Waals surface area contributed by atoms with Crippen LogP contribution in [0.1, 0.15) is 13.8 Å². The SMILES string of the molecule is CNC(=S)N1CCN(C)CC1(C)C. The van der Waals surface area contributed by atoms with Crippen LogP contribution in [0, 0.1) is 0 Å². The van der Waals surface area contributed by atoms with Crippen molar-refractivity contribution in [3.63, 3.8) is 0 Å². The fraction of sp³-hybridized carbons (Fsp3) is 0.889. The minimum absolute atomic E-state index is 0.146. The van der Waals surface area contributed by atoms with Gasteiger partial charge in [-0.15, -0.1) is 0 Å². The number of rotatable bonds is 0. The average Bonchev–Trinajstić information content (AvgIpc) is 2.01. The molecule has 1 rings (SSSR count).